The van der Waals surface area contributed by atoms with Crippen molar-refractivity contribution in [2.24, 2.45) is 11.5 Å². The van der Waals surface area contributed by atoms with Crippen molar-refractivity contribution in [1.29, 1.82) is 5.26 Å². The van der Waals surface area contributed by atoms with Crippen molar-refractivity contribution in [3.05, 3.63) is 82.3 Å². The normalized spacial score (nSPS) is 15.6. The summed E-state index contributed by atoms with van der Waals surface area (Å²) in [6.07, 6.45) is -4.75. The number of hydrogen-bond donors (Lipinski definition) is 2. The van der Waals surface area contributed by atoms with Crippen molar-refractivity contribution in [3.63, 3.8) is 0 Å². The van der Waals surface area contributed by atoms with Crippen LogP contribution >= 0.6 is 0 Å². The highest BCUT2D eigenvalue weighted by Crippen LogP contribution is 2.45. The first kappa shape index (κ1) is 27.6. The molecule has 1 amide bonds. The number of benzene rings is 2. The zero-order valence-corrected chi connectivity index (χ0v) is 20.0. The number of alkyl halides is 3. The fraction of sp³-hybridized carbons (Fsp3) is 0.200. The van der Waals surface area contributed by atoms with Crippen LogP contribution in [0.1, 0.15) is 21.8 Å². The Labute approximate surface area is 214 Å². The number of halogens is 3. The number of amides is 1. The van der Waals surface area contributed by atoms with Crippen LogP contribution in [0.25, 0.3) is 0 Å². The summed E-state index contributed by atoms with van der Waals surface area (Å²) < 4.78 is 53.7. The Morgan fingerprint density at radius 3 is 2.21 bits per heavy atom. The molecule has 1 unspecified atom stereocenters. The second kappa shape index (κ2) is 11.0. The molecule has 0 saturated carbocycles. The summed E-state index contributed by atoms with van der Waals surface area (Å²) >= 11 is 0. The first-order valence-electron chi connectivity index (χ1n) is 10.7. The average molecular weight is 530 g/mol. The molecular formula is C25H21F3N4O6. The van der Waals surface area contributed by atoms with Gasteiger partial charge in [-0.3, -0.25) is 9.69 Å². The Morgan fingerprint density at radius 2 is 1.68 bits per heavy atom. The van der Waals surface area contributed by atoms with E-state index in [0.717, 1.165) is 37.3 Å². The largest absolute Gasteiger partial charge is 0.482 e. The molecule has 4 N–H and O–H groups in total. The SMILES string of the molecule is COC(=O)C1=C(C(=O)OC)N(c2cc(C(N)=O)ccc2OCC(F)(F)F)C(N)=C(C#N)C1c1ccccc1. The Bertz CT molecular complexity index is 1380. The van der Waals surface area contributed by atoms with E-state index in [-0.39, 0.29) is 22.4 Å². The Balaban J connectivity index is 2.44. The number of ether oxygens (including phenoxy) is 3. The van der Waals surface area contributed by atoms with Gasteiger partial charge in [0.2, 0.25) is 5.91 Å². The van der Waals surface area contributed by atoms with E-state index in [1.165, 1.54) is 0 Å². The van der Waals surface area contributed by atoms with Crippen molar-refractivity contribution >= 4 is 23.5 Å². The number of primary amides is 1. The summed E-state index contributed by atoms with van der Waals surface area (Å²) in [7, 11) is 2.04. The topological polar surface area (TPSA) is 158 Å². The van der Waals surface area contributed by atoms with Gasteiger partial charge >= 0.3 is 18.1 Å². The average Bonchev–Trinajstić information content (AvgIpc) is 2.90. The highest BCUT2D eigenvalue weighted by atomic mass is 19.4. The molecule has 1 aliphatic rings. The Hall–Kier alpha value is -4.99. The van der Waals surface area contributed by atoms with Gasteiger partial charge in [-0.2, -0.15) is 18.4 Å². The maximum absolute atomic E-state index is 13.1. The summed E-state index contributed by atoms with van der Waals surface area (Å²) in [5.41, 5.74) is 10.3. The summed E-state index contributed by atoms with van der Waals surface area (Å²) in [4.78, 5) is 39.0. The molecule has 0 aliphatic carbocycles. The van der Waals surface area contributed by atoms with E-state index in [9.17, 15) is 32.8 Å². The minimum absolute atomic E-state index is 0.195. The van der Waals surface area contributed by atoms with Gasteiger partial charge in [-0.05, 0) is 23.8 Å². The van der Waals surface area contributed by atoms with Gasteiger partial charge in [0.05, 0.1) is 43.0 Å². The molecule has 2 aromatic rings. The first-order chi connectivity index (χ1) is 17.9. The number of methoxy groups -OCH3 is 2. The molecule has 0 bridgehead atoms. The van der Waals surface area contributed by atoms with Crippen LogP contribution in [0.4, 0.5) is 18.9 Å². The van der Waals surface area contributed by atoms with Crippen molar-refractivity contribution in [1.82, 2.24) is 0 Å². The maximum atomic E-state index is 13.1. The number of rotatable bonds is 7. The number of carbonyl (C=O) groups is 3. The minimum atomic E-state index is -4.75. The van der Waals surface area contributed by atoms with Gasteiger partial charge < -0.3 is 25.7 Å². The number of esters is 2. The number of carbonyl (C=O) groups excluding carboxylic acids is 3. The highest BCUT2D eigenvalue weighted by Gasteiger charge is 2.44. The van der Waals surface area contributed by atoms with Gasteiger partial charge in [-0.1, -0.05) is 30.3 Å². The van der Waals surface area contributed by atoms with E-state index in [1.54, 1.807) is 30.3 Å². The predicted octanol–water partition coefficient (Wildman–Crippen LogP) is 2.62. The first-order valence-corrected chi connectivity index (χ1v) is 10.7. The lowest BCUT2D eigenvalue weighted by Crippen LogP contribution is -2.41. The quantitative estimate of drug-likeness (QED) is 0.513. The smallest absolute Gasteiger partial charge is 0.422 e. The molecule has 38 heavy (non-hydrogen) atoms. The van der Waals surface area contributed by atoms with E-state index in [0.29, 0.717) is 5.56 Å². The molecule has 1 aliphatic heterocycles. The third kappa shape index (κ3) is 5.39. The van der Waals surface area contributed by atoms with E-state index in [4.69, 9.17) is 25.7 Å². The summed E-state index contributed by atoms with van der Waals surface area (Å²) in [5, 5.41) is 10.1. The van der Waals surface area contributed by atoms with Gasteiger partial charge in [0.25, 0.3) is 0 Å². The molecule has 3 rings (SSSR count). The number of anilines is 1. The van der Waals surface area contributed by atoms with E-state index < -0.39 is 53.8 Å². The number of nitrogens with two attached hydrogens (primary N) is 2. The minimum Gasteiger partial charge on any atom is -0.482 e. The second-order valence-corrected chi connectivity index (χ2v) is 7.79. The molecule has 1 heterocycles. The van der Waals surface area contributed by atoms with Gasteiger partial charge in [0.15, 0.2) is 6.61 Å². The molecule has 0 radical (unpaired) electrons. The second-order valence-electron chi connectivity index (χ2n) is 7.79. The molecule has 0 spiro atoms. The van der Waals surface area contributed by atoms with Crippen LogP contribution in [0.3, 0.4) is 0 Å². The number of nitrogens with zero attached hydrogens (tertiary/aromatic N) is 2. The van der Waals surface area contributed by atoms with Crippen LogP contribution in [-0.4, -0.2) is 44.8 Å². The third-order valence-corrected chi connectivity index (χ3v) is 5.49. The van der Waals surface area contributed by atoms with Gasteiger partial charge in [-0.25, -0.2) is 9.59 Å². The lowest BCUT2D eigenvalue weighted by molar-refractivity contribution is -0.153. The molecular weight excluding hydrogens is 509 g/mol. The van der Waals surface area contributed by atoms with Crippen LogP contribution in [0.15, 0.2) is 71.2 Å². The van der Waals surface area contributed by atoms with Crippen LogP contribution in [-0.2, 0) is 19.1 Å². The van der Waals surface area contributed by atoms with E-state index in [2.05, 4.69) is 0 Å². The van der Waals surface area contributed by atoms with Crippen LogP contribution in [0.2, 0.25) is 0 Å². The summed E-state index contributed by atoms with van der Waals surface area (Å²) in [6.45, 7) is -1.74. The van der Waals surface area contributed by atoms with E-state index in [1.807, 2.05) is 6.07 Å². The lowest BCUT2D eigenvalue weighted by Gasteiger charge is -2.36. The Kier molecular flexibility index (Phi) is 7.95. The molecule has 1 atom stereocenters. The fourth-order valence-electron chi connectivity index (χ4n) is 3.89. The predicted molar refractivity (Wildman–Crippen MR) is 126 cm³/mol. The van der Waals surface area contributed by atoms with Crippen molar-refractivity contribution < 1.29 is 41.8 Å². The summed E-state index contributed by atoms with van der Waals surface area (Å²) in [5.74, 6) is -5.29. The number of nitriles is 1. The molecule has 0 aromatic heterocycles. The van der Waals surface area contributed by atoms with Crippen LogP contribution in [0, 0.1) is 11.3 Å². The monoisotopic (exact) mass is 530 g/mol. The highest BCUT2D eigenvalue weighted by molar-refractivity contribution is 6.07. The van der Waals surface area contributed by atoms with Crippen LogP contribution < -0.4 is 21.1 Å². The van der Waals surface area contributed by atoms with Crippen molar-refractivity contribution in [2.45, 2.75) is 12.1 Å². The maximum Gasteiger partial charge on any atom is 0.422 e. The fourth-order valence-corrected chi connectivity index (χ4v) is 3.89. The number of allylic oxidation sites excluding steroid dienone is 1. The van der Waals surface area contributed by atoms with Crippen molar-refractivity contribution in [3.8, 4) is 11.8 Å². The molecule has 0 saturated heterocycles. The third-order valence-electron chi connectivity index (χ3n) is 5.49. The standard InChI is InChI=1S/C25H21F3N4O6/c1-36-23(34)19-18(13-6-4-3-5-7-13)15(11-29)21(30)32(20(19)24(35)37-2)16-10-14(22(31)33)8-9-17(16)38-12-25(26,27)28/h3-10,18H,12,30H2,1-2H3,(H2,31,33). The van der Waals surface area contributed by atoms with Crippen molar-refractivity contribution in [2.75, 3.05) is 25.7 Å². The molecule has 0 fully saturated rings. The van der Waals surface area contributed by atoms with E-state index >= 15 is 0 Å². The van der Waals surface area contributed by atoms with Gasteiger partial charge in [-0.15, -0.1) is 0 Å². The zero-order chi connectivity index (χ0) is 28.2. The molecule has 13 heteroatoms. The summed E-state index contributed by atoms with van der Waals surface area (Å²) in [6, 6.07) is 13.1. The molecule has 10 nitrogen and oxygen atoms in total. The lowest BCUT2D eigenvalue weighted by atomic mass is 9.81. The zero-order valence-electron chi connectivity index (χ0n) is 20.0. The van der Waals surface area contributed by atoms with Crippen LogP contribution in [0.5, 0.6) is 5.75 Å². The van der Waals surface area contributed by atoms with Gasteiger partial charge in [0.1, 0.15) is 17.3 Å². The van der Waals surface area contributed by atoms with Gasteiger partial charge in [0, 0.05) is 5.56 Å². The number of hydrogen-bond acceptors (Lipinski definition) is 9. The molecule has 2 aromatic carbocycles. The molecule has 198 valence electrons. The Morgan fingerprint density at radius 1 is 1.05 bits per heavy atom.